The second kappa shape index (κ2) is 5.48. The predicted octanol–water partition coefficient (Wildman–Crippen LogP) is 1.68. The van der Waals surface area contributed by atoms with Crippen LogP contribution in [0, 0.1) is 18.8 Å². The Labute approximate surface area is 109 Å². The first kappa shape index (κ1) is 13.0. The van der Waals surface area contributed by atoms with Gasteiger partial charge >= 0.3 is 5.97 Å². The summed E-state index contributed by atoms with van der Waals surface area (Å²) in [5.41, 5.74) is 2.36. The standard InChI is InChI=1S/C12H16N2O3S/c1-7-10(18-6-14-7)11(15)13-5-8-3-2-4-9(8)12(16)17/h6,8-9H,2-5H2,1H3,(H,13,15)(H,16,17). The van der Waals surface area contributed by atoms with Gasteiger partial charge < -0.3 is 10.4 Å². The molecule has 1 fully saturated rings. The molecule has 1 aliphatic rings. The molecule has 18 heavy (non-hydrogen) atoms. The molecule has 0 aliphatic heterocycles. The first-order valence-corrected chi connectivity index (χ1v) is 6.88. The molecule has 2 rings (SSSR count). The smallest absolute Gasteiger partial charge is 0.306 e. The number of thiazole rings is 1. The van der Waals surface area contributed by atoms with E-state index in [1.165, 1.54) is 11.3 Å². The van der Waals surface area contributed by atoms with E-state index in [9.17, 15) is 9.59 Å². The second-order valence-corrected chi connectivity index (χ2v) is 5.47. The summed E-state index contributed by atoms with van der Waals surface area (Å²) in [4.78, 5) is 27.5. The molecule has 98 valence electrons. The molecule has 0 spiro atoms. The van der Waals surface area contributed by atoms with E-state index in [1.54, 1.807) is 12.4 Å². The fourth-order valence-corrected chi connectivity index (χ4v) is 3.15. The van der Waals surface area contributed by atoms with Crippen molar-refractivity contribution in [3.05, 3.63) is 16.1 Å². The number of carbonyl (C=O) groups is 2. The molecular weight excluding hydrogens is 252 g/mol. The number of hydrogen-bond acceptors (Lipinski definition) is 4. The number of aromatic nitrogens is 1. The minimum Gasteiger partial charge on any atom is -0.481 e. The van der Waals surface area contributed by atoms with Gasteiger partial charge in [0.1, 0.15) is 4.88 Å². The summed E-state index contributed by atoms with van der Waals surface area (Å²) in [5.74, 6) is -1.15. The molecule has 1 saturated carbocycles. The monoisotopic (exact) mass is 268 g/mol. The van der Waals surface area contributed by atoms with Gasteiger partial charge in [-0.2, -0.15) is 0 Å². The molecule has 1 heterocycles. The number of rotatable bonds is 4. The second-order valence-electron chi connectivity index (χ2n) is 4.61. The van der Waals surface area contributed by atoms with E-state index >= 15 is 0 Å². The maximum Gasteiger partial charge on any atom is 0.306 e. The number of carboxylic acid groups (broad SMARTS) is 1. The number of aliphatic carboxylic acids is 1. The quantitative estimate of drug-likeness (QED) is 0.870. The van der Waals surface area contributed by atoms with Crippen molar-refractivity contribution in [3.63, 3.8) is 0 Å². The molecule has 6 heteroatoms. The van der Waals surface area contributed by atoms with Crippen LogP contribution in [0.5, 0.6) is 0 Å². The summed E-state index contributed by atoms with van der Waals surface area (Å²) in [6.45, 7) is 2.23. The van der Waals surface area contributed by atoms with Crippen LogP contribution in [0.15, 0.2) is 5.51 Å². The predicted molar refractivity (Wildman–Crippen MR) is 67.7 cm³/mol. The molecule has 0 bridgehead atoms. The Morgan fingerprint density at radius 2 is 2.33 bits per heavy atom. The van der Waals surface area contributed by atoms with Gasteiger partial charge in [0, 0.05) is 6.54 Å². The zero-order valence-electron chi connectivity index (χ0n) is 10.2. The Kier molecular flexibility index (Phi) is 3.96. The highest BCUT2D eigenvalue weighted by Gasteiger charge is 2.33. The molecule has 1 aromatic heterocycles. The Balaban J connectivity index is 1.90. The van der Waals surface area contributed by atoms with Crippen LogP contribution >= 0.6 is 11.3 Å². The van der Waals surface area contributed by atoms with E-state index in [4.69, 9.17) is 5.11 Å². The molecule has 0 saturated heterocycles. The third kappa shape index (κ3) is 2.69. The fraction of sp³-hybridized carbons (Fsp3) is 0.583. The minimum atomic E-state index is -0.749. The van der Waals surface area contributed by atoms with Crippen LogP contribution in [-0.2, 0) is 4.79 Å². The number of carbonyl (C=O) groups excluding carboxylic acids is 1. The zero-order valence-corrected chi connectivity index (χ0v) is 11.0. The summed E-state index contributed by atoms with van der Waals surface area (Å²) in [7, 11) is 0. The third-order valence-corrected chi connectivity index (χ3v) is 4.38. The summed E-state index contributed by atoms with van der Waals surface area (Å²) in [5, 5.41) is 11.9. The Morgan fingerprint density at radius 3 is 2.94 bits per heavy atom. The van der Waals surface area contributed by atoms with Crippen molar-refractivity contribution in [1.29, 1.82) is 0 Å². The topological polar surface area (TPSA) is 79.3 Å². The van der Waals surface area contributed by atoms with Gasteiger partial charge in [-0.3, -0.25) is 9.59 Å². The molecule has 0 radical (unpaired) electrons. The van der Waals surface area contributed by atoms with E-state index in [2.05, 4.69) is 10.3 Å². The lowest BCUT2D eigenvalue weighted by molar-refractivity contribution is -0.142. The molecule has 2 unspecified atom stereocenters. The first-order valence-electron chi connectivity index (χ1n) is 6.00. The number of amides is 1. The van der Waals surface area contributed by atoms with Crippen LogP contribution in [0.25, 0.3) is 0 Å². The lowest BCUT2D eigenvalue weighted by Gasteiger charge is -2.16. The third-order valence-electron chi connectivity index (χ3n) is 3.45. The number of carboxylic acids is 1. The number of nitrogens with one attached hydrogen (secondary N) is 1. The normalized spacial score (nSPS) is 22.9. The number of hydrogen-bond donors (Lipinski definition) is 2. The van der Waals surface area contributed by atoms with Crippen LogP contribution in [-0.4, -0.2) is 28.5 Å². The van der Waals surface area contributed by atoms with Crippen molar-refractivity contribution in [1.82, 2.24) is 10.3 Å². The highest BCUT2D eigenvalue weighted by atomic mass is 32.1. The van der Waals surface area contributed by atoms with Crippen molar-refractivity contribution in [2.45, 2.75) is 26.2 Å². The summed E-state index contributed by atoms with van der Waals surface area (Å²) in [6, 6.07) is 0. The van der Waals surface area contributed by atoms with Gasteiger partial charge in [0.15, 0.2) is 0 Å². The average molecular weight is 268 g/mol. The van der Waals surface area contributed by atoms with E-state index in [0.717, 1.165) is 25.0 Å². The number of aryl methyl sites for hydroxylation is 1. The molecule has 1 amide bonds. The molecule has 5 nitrogen and oxygen atoms in total. The highest BCUT2D eigenvalue weighted by molar-refractivity contribution is 7.11. The van der Waals surface area contributed by atoms with E-state index in [-0.39, 0.29) is 17.7 Å². The Morgan fingerprint density at radius 1 is 1.56 bits per heavy atom. The van der Waals surface area contributed by atoms with Gasteiger partial charge in [0.2, 0.25) is 0 Å². The highest BCUT2D eigenvalue weighted by Crippen LogP contribution is 2.31. The lowest BCUT2D eigenvalue weighted by atomic mass is 9.96. The van der Waals surface area contributed by atoms with Crippen molar-refractivity contribution in [2.75, 3.05) is 6.54 Å². The molecule has 2 atom stereocenters. The van der Waals surface area contributed by atoms with Crippen molar-refractivity contribution in [2.24, 2.45) is 11.8 Å². The van der Waals surface area contributed by atoms with Crippen LogP contribution in [0.1, 0.15) is 34.6 Å². The van der Waals surface area contributed by atoms with Gasteiger partial charge in [-0.1, -0.05) is 6.42 Å². The fourth-order valence-electron chi connectivity index (χ4n) is 2.43. The van der Waals surface area contributed by atoms with Gasteiger partial charge in [-0.05, 0) is 25.7 Å². The van der Waals surface area contributed by atoms with E-state index in [0.29, 0.717) is 11.4 Å². The minimum absolute atomic E-state index is 0.0553. The Hall–Kier alpha value is -1.43. The van der Waals surface area contributed by atoms with Crippen LogP contribution < -0.4 is 5.32 Å². The summed E-state index contributed by atoms with van der Waals surface area (Å²) >= 11 is 1.31. The van der Waals surface area contributed by atoms with Crippen molar-refractivity contribution >= 4 is 23.2 Å². The SMILES string of the molecule is Cc1ncsc1C(=O)NCC1CCCC1C(=O)O. The molecule has 0 aromatic carbocycles. The largest absolute Gasteiger partial charge is 0.481 e. The maximum atomic E-state index is 11.9. The van der Waals surface area contributed by atoms with Gasteiger partial charge in [-0.15, -0.1) is 11.3 Å². The molecule has 2 N–H and O–H groups in total. The average Bonchev–Trinajstić information content (AvgIpc) is 2.94. The first-order chi connectivity index (χ1) is 8.59. The van der Waals surface area contributed by atoms with Gasteiger partial charge in [-0.25, -0.2) is 4.98 Å². The zero-order chi connectivity index (χ0) is 13.1. The molecular formula is C12H16N2O3S. The number of nitrogens with zero attached hydrogens (tertiary/aromatic N) is 1. The van der Waals surface area contributed by atoms with E-state index < -0.39 is 5.97 Å². The lowest BCUT2D eigenvalue weighted by Crippen LogP contribution is -2.32. The Bertz CT molecular complexity index is 458. The van der Waals surface area contributed by atoms with Crippen LogP contribution in [0.3, 0.4) is 0 Å². The van der Waals surface area contributed by atoms with Gasteiger partial charge in [0.25, 0.3) is 5.91 Å². The van der Waals surface area contributed by atoms with Crippen molar-refractivity contribution < 1.29 is 14.7 Å². The maximum absolute atomic E-state index is 11.9. The summed E-state index contributed by atoms with van der Waals surface area (Å²) in [6.07, 6.45) is 2.52. The molecule has 1 aliphatic carbocycles. The van der Waals surface area contributed by atoms with Crippen LogP contribution in [0.2, 0.25) is 0 Å². The summed E-state index contributed by atoms with van der Waals surface area (Å²) < 4.78 is 0. The molecule has 1 aromatic rings. The van der Waals surface area contributed by atoms with Crippen LogP contribution in [0.4, 0.5) is 0 Å². The van der Waals surface area contributed by atoms with Gasteiger partial charge in [0.05, 0.1) is 17.1 Å². The van der Waals surface area contributed by atoms with Crippen molar-refractivity contribution in [3.8, 4) is 0 Å². The van der Waals surface area contributed by atoms with E-state index in [1.807, 2.05) is 0 Å².